The van der Waals surface area contributed by atoms with Crippen LogP contribution >= 0.6 is 0 Å². The minimum Gasteiger partial charge on any atom is -0.493 e. The Hall–Kier alpha value is -1.87. The maximum Gasteiger partial charge on any atom is 0.122 e. The Kier molecular flexibility index (Phi) is 3.97. The fourth-order valence-corrected chi connectivity index (χ4v) is 2.63. The normalized spacial score (nSPS) is 13.1. The molecule has 1 aromatic carbocycles. The number of aromatic nitrogens is 1. The summed E-state index contributed by atoms with van der Waals surface area (Å²) < 4.78 is 5.53. The van der Waals surface area contributed by atoms with Crippen molar-refractivity contribution in [3.8, 4) is 5.75 Å². The summed E-state index contributed by atoms with van der Waals surface area (Å²) in [5.41, 5.74) is 5.11. The van der Waals surface area contributed by atoms with Gasteiger partial charge in [0.15, 0.2) is 0 Å². The van der Waals surface area contributed by atoms with E-state index in [1.165, 1.54) is 16.7 Å². The van der Waals surface area contributed by atoms with Gasteiger partial charge in [0.1, 0.15) is 5.75 Å². The minimum absolute atomic E-state index is 0.817. The van der Waals surface area contributed by atoms with Crippen molar-refractivity contribution < 1.29 is 4.74 Å². The molecule has 20 heavy (non-hydrogen) atoms. The molecule has 1 aliphatic heterocycles. The molecule has 1 aromatic heterocycles. The average molecular weight is 268 g/mol. The zero-order valence-corrected chi connectivity index (χ0v) is 11.9. The quantitative estimate of drug-likeness (QED) is 0.905. The summed E-state index contributed by atoms with van der Waals surface area (Å²) in [5.74, 6) is 1.05. The first-order valence-electron chi connectivity index (χ1n) is 7.25. The van der Waals surface area contributed by atoms with Crippen molar-refractivity contribution in [3.63, 3.8) is 0 Å². The molecule has 0 amide bonds. The van der Waals surface area contributed by atoms with E-state index in [0.29, 0.717) is 0 Å². The highest BCUT2D eigenvalue weighted by Crippen LogP contribution is 2.25. The molecule has 0 unspecified atom stereocenters. The second-order valence-electron chi connectivity index (χ2n) is 5.11. The minimum atomic E-state index is 0.817. The van der Waals surface area contributed by atoms with Crippen molar-refractivity contribution in [3.05, 3.63) is 58.9 Å². The maximum absolute atomic E-state index is 5.53. The van der Waals surface area contributed by atoms with Gasteiger partial charge in [0.2, 0.25) is 0 Å². The molecule has 3 heteroatoms. The molecule has 104 valence electrons. The van der Waals surface area contributed by atoms with Crippen LogP contribution in [0.3, 0.4) is 0 Å². The molecule has 0 aliphatic carbocycles. The van der Waals surface area contributed by atoms with E-state index in [2.05, 4.69) is 41.5 Å². The highest BCUT2D eigenvalue weighted by atomic mass is 16.5. The largest absolute Gasteiger partial charge is 0.493 e. The Morgan fingerprint density at radius 1 is 1.25 bits per heavy atom. The van der Waals surface area contributed by atoms with Crippen molar-refractivity contribution in [2.45, 2.75) is 32.9 Å². The SMILES string of the molecule is CCc1cccnc1CNCc1ccc2c(c1)CCO2. The van der Waals surface area contributed by atoms with E-state index in [4.69, 9.17) is 4.74 Å². The second kappa shape index (κ2) is 6.06. The molecule has 2 aromatic rings. The van der Waals surface area contributed by atoms with Crippen LogP contribution in [0.25, 0.3) is 0 Å². The zero-order valence-electron chi connectivity index (χ0n) is 11.9. The first-order chi connectivity index (χ1) is 9.86. The van der Waals surface area contributed by atoms with Gasteiger partial charge in [0.05, 0.1) is 12.3 Å². The molecule has 0 radical (unpaired) electrons. The van der Waals surface area contributed by atoms with E-state index in [-0.39, 0.29) is 0 Å². The molecule has 1 aliphatic rings. The van der Waals surface area contributed by atoms with E-state index in [0.717, 1.165) is 44.0 Å². The lowest BCUT2D eigenvalue weighted by Gasteiger charge is -2.09. The Morgan fingerprint density at radius 2 is 2.20 bits per heavy atom. The number of aryl methyl sites for hydroxylation is 1. The number of nitrogens with zero attached hydrogens (tertiary/aromatic N) is 1. The van der Waals surface area contributed by atoms with Crippen LogP contribution in [0.5, 0.6) is 5.75 Å². The first-order valence-corrected chi connectivity index (χ1v) is 7.25. The number of benzene rings is 1. The molecular weight excluding hydrogens is 248 g/mol. The molecule has 3 rings (SSSR count). The van der Waals surface area contributed by atoms with Crippen molar-refractivity contribution in [2.24, 2.45) is 0 Å². The Bertz CT molecular complexity index is 595. The lowest BCUT2D eigenvalue weighted by molar-refractivity contribution is 0.357. The maximum atomic E-state index is 5.53. The van der Waals surface area contributed by atoms with Crippen LogP contribution in [-0.2, 0) is 25.9 Å². The Balaban J connectivity index is 1.60. The molecule has 0 fully saturated rings. The lowest BCUT2D eigenvalue weighted by atomic mass is 10.1. The monoisotopic (exact) mass is 268 g/mol. The van der Waals surface area contributed by atoms with Crippen LogP contribution in [0.1, 0.15) is 29.3 Å². The smallest absolute Gasteiger partial charge is 0.122 e. The van der Waals surface area contributed by atoms with Crippen LogP contribution in [0.2, 0.25) is 0 Å². The summed E-state index contributed by atoms with van der Waals surface area (Å²) in [4.78, 5) is 4.46. The fourth-order valence-electron chi connectivity index (χ4n) is 2.63. The van der Waals surface area contributed by atoms with Gasteiger partial charge in [-0.15, -0.1) is 0 Å². The van der Waals surface area contributed by atoms with Crippen LogP contribution in [0.15, 0.2) is 36.5 Å². The van der Waals surface area contributed by atoms with E-state index < -0.39 is 0 Å². The van der Waals surface area contributed by atoms with Crippen LogP contribution in [0, 0.1) is 0 Å². The van der Waals surface area contributed by atoms with Crippen LogP contribution in [-0.4, -0.2) is 11.6 Å². The van der Waals surface area contributed by atoms with E-state index in [1.54, 1.807) is 0 Å². The third-order valence-electron chi connectivity index (χ3n) is 3.74. The molecule has 0 bridgehead atoms. The van der Waals surface area contributed by atoms with Crippen LogP contribution < -0.4 is 10.1 Å². The molecule has 1 N–H and O–H groups in total. The number of hydrogen-bond acceptors (Lipinski definition) is 3. The Morgan fingerprint density at radius 3 is 3.10 bits per heavy atom. The number of hydrogen-bond donors (Lipinski definition) is 1. The number of nitrogens with one attached hydrogen (secondary N) is 1. The molecule has 0 atom stereocenters. The van der Waals surface area contributed by atoms with Gasteiger partial charge in [-0.3, -0.25) is 4.98 Å². The van der Waals surface area contributed by atoms with Gasteiger partial charge in [-0.2, -0.15) is 0 Å². The lowest BCUT2D eigenvalue weighted by Crippen LogP contribution is -2.15. The highest BCUT2D eigenvalue weighted by molar-refractivity contribution is 5.39. The highest BCUT2D eigenvalue weighted by Gasteiger charge is 2.11. The summed E-state index contributed by atoms with van der Waals surface area (Å²) in [5, 5.41) is 3.48. The summed E-state index contributed by atoms with van der Waals surface area (Å²) in [6, 6.07) is 10.6. The number of fused-ring (bicyclic) bond motifs is 1. The summed E-state index contributed by atoms with van der Waals surface area (Å²) in [6.45, 7) is 4.67. The summed E-state index contributed by atoms with van der Waals surface area (Å²) >= 11 is 0. The van der Waals surface area contributed by atoms with Crippen molar-refractivity contribution in [1.29, 1.82) is 0 Å². The third kappa shape index (κ3) is 2.83. The van der Waals surface area contributed by atoms with Gasteiger partial charge in [-0.05, 0) is 35.2 Å². The molecule has 0 spiro atoms. The van der Waals surface area contributed by atoms with Gasteiger partial charge >= 0.3 is 0 Å². The first kappa shape index (κ1) is 13.1. The van der Waals surface area contributed by atoms with Gasteiger partial charge in [0, 0.05) is 25.7 Å². The van der Waals surface area contributed by atoms with E-state index >= 15 is 0 Å². The van der Waals surface area contributed by atoms with Gasteiger partial charge in [0.25, 0.3) is 0 Å². The predicted octanol–water partition coefficient (Wildman–Crippen LogP) is 2.87. The van der Waals surface area contributed by atoms with Crippen molar-refractivity contribution >= 4 is 0 Å². The fraction of sp³-hybridized carbons (Fsp3) is 0.353. The van der Waals surface area contributed by atoms with Crippen LogP contribution in [0.4, 0.5) is 0 Å². The Labute approximate surface area is 120 Å². The van der Waals surface area contributed by atoms with Gasteiger partial charge in [-0.1, -0.05) is 25.1 Å². The second-order valence-corrected chi connectivity index (χ2v) is 5.11. The molecule has 0 saturated carbocycles. The molecule has 3 nitrogen and oxygen atoms in total. The van der Waals surface area contributed by atoms with Gasteiger partial charge in [-0.25, -0.2) is 0 Å². The number of rotatable bonds is 5. The van der Waals surface area contributed by atoms with Crippen molar-refractivity contribution in [1.82, 2.24) is 10.3 Å². The summed E-state index contributed by atoms with van der Waals surface area (Å²) in [7, 11) is 0. The molecular formula is C17H20N2O. The third-order valence-corrected chi connectivity index (χ3v) is 3.74. The average Bonchev–Trinajstić information content (AvgIpc) is 2.95. The molecule has 0 saturated heterocycles. The van der Waals surface area contributed by atoms with E-state index in [1.807, 2.05) is 12.3 Å². The molecule has 2 heterocycles. The predicted molar refractivity (Wildman–Crippen MR) is 79.8 cm³/mol. The zero-order chi connectivity index (χ0) is 13.8. The number of pyridine rings is 1. The number of ether oxygens (including phenoxy) is 1. The standard InChI is InChI=1S/C17H20N2O/c1-2-14-4-3-8-19-16(14)12-18-11-13-5-6-17-15(10-13)7-9-20-17/h3-6,8,10,18H,2,7,9,11-12H2,1H3. The van der Waals surface area contributed by atoms with Crippen molar-refractivity contribution in [2.75, 3.05) is 6.61 Å². The summed E-state index contributed by atoms with van der Waals surface area (Å²) in [6.07, 6.45) is 3.92. The van der Waals surface area contributed by atoms with Gasteiger partial charge < -0.3 is 10.1 Å². The topological polar surface area (TPSA) is 34.2 Å². The van der Waals surface area contributed by atoms with E-state index in [9.17, 15) is 0 Å².